The molecule has 0 amide bonds. The topological polar surface area (TPSA) is 26.0 Å². The number of aromatic nitrogens is 1. The van der Waals surface area contributed by atoms with E-state index in [-0.39, 0.29) is 11.7 Å². The normalized spacial score (nSPS) is 12.4. The highest BCUT2D eigenvalue weighted by Gasteiger charge is 2.31. The number of halogens is 6. The smallest absolute Gasteiger partial charge is 0.416 e. The molecule has 0 aliphatic heterocycles. The van der Waals surface area contributed by atoms with Crippen LogP contribution >= 0.6 is 0 Å². The van der Waals surface area contributed by atoms with Gasteiger partial charge in [-0.25, -0.2) is 4.98 Å². The summed E-state index contributed by atoms with van der Waals surface area (Å²) in [6, 6.07) is 8.52. The molecular formula is C17H9F6NO. The highest BCUT2D eigenvalue weighted by atomic mass is 19.4. The Hall–Kier alpha value is -2.77. The average Bonchev–Trinajstić information content (AvgIpc) is 3.03. The van der Waals surface area contributed by atoms with E-state index < -0.39 is 23.5 Å². The Balaban J connectivity index is 1.85. The molecule has 0 saturated carbocycles. The van der Waals surface area contributed by atoms with Gasteiger partial charge in [0.2, 0.25) is 5.89 Å². The number of benzene rings is 2. The van der Waals surface area contributed by atoms with Crippen LogP contribution in [0.3, 0.4) is 0 Å². The van der Waals surface area contributed by atoms with Gasteiger partial charge >= 0.3 is 12.4 Å². The van der Waals surface area contributed by atoms with E-state index in [0.29, 0.717) is 11.1 Å². The summed E-state index contributed by atoms with van der Waals surface area (Å²) < 4.78 is 80.7. The van der Waals surface area contributed by atoms with E-state index in [0.717, 1.165) is 24.3 Å². The van der Waals surface area contributed by atoms with Crippen molar-refractivity contribution in [3.8, 4) is 22.8 Å². The Morgan fingerprint density at radius 1 is 0.640 bits per heavy atom. The van der Waals surface area contributed by atoms with Crippen molar-refractivity contribution in [1.29, 1.82) is 0 Å². The fourth-order valence-electron chi connectivity index (χ4n) is 2.17. The summed E-state index contributed by atoms with van der Waals surface area (Å²) in [5.41, 5.74) is -0.894. The second kappa shape index (κ2) is 5.94. The monoisotopic (exact) mass is 357 g/mol. The van der Waals surface area contributed by atoms with E-state index >= 15 is 0 Å². The summed E-state index contributed by atoms with van der Waals surface area (Å²) in [4.78, 5) is 3.96. The molecule has 0 bridgehead atoms. The molecule has 25 heavy (non-hydrogen) atoms. The van der Waals surface area contributed by atoms with Gasteiger partial charge in [-0.2, -0.15) is 26.3 Å². The third kappa shape index (κ3) is 3.67. The van der Waals surface area contributed by atoms with Crippen LogP contribution < -0.4 is 0 Å². The Kier molecular flexibility index (Phi) is 4.06. The molecule has 0 aliphatic carbocycles. The molecule has 0 N–H and O–H groups in total. The summed E-state index contributed by atoms with van der Waals surface area (Å²) in [5.74, 6) is 0.284. The molecule has 0 saturated heterocycles. The fraction of sp³-hybridized carbons (Fsp3) is 0.118. The summed E-state index contributed by atoms with van der Waals surface area (Å²) in [5, 5.41) is 0. The van der Waals surface area contributed by atoms with Crippen LogP contribution in [0.15, 0.2) is 59.1 Å². The van der Waals surface area contributed by atoms with Gasteiger partial charge in [0.25, 0.3) is 0 Å². The molecule has 2 aromatic carbocycles. The van der Waals surface area contributed by atoms with Gasteiger partial charge in [0.15, 0.2) is 5.76 Å². The van der Waals surface area contributed by atoms with Crippen molar-refractivity contribution in [2.45, 2.75) is 12.4 Å². The fourth-order valence-corrected chi connectivity index (χ4v) is 2.17. The summed E-state index contributed by atoms with van der Waals surface area (Å²) in [6.45, 7) is 0. The second-order valence-electron chi connectivity index (χ2n) is 5.18. The number of alkyl halides is 6. The number of hydrogen-bond acceptors (Lipinski definition) is 2. The molecule has 0 fully saturated rings. The Morgan fingerprint density at radius 3 is 1.52 bits per heavy atom. The first-order valence-electron chi connectivity index (χ1n) is 6.96. The molecule has 1 heterocycles. The van der Waals surface area contributed by atoms with Crippen molar-refractivity contribution in [1.82, 2.24) is 4.98 Å². The maximum Gasteiger partial charge on any atom is 0.416 e. The highest BCUT2D eigenvalue weighted by Crippen LogP contribution is 2.33. The summed E-state index contributed by atoms with van der Waals surface area (Å²) >= 11 is 0. The van der Waals surface area contributed by atoms with Crippen LogP contribution in [0.25, 0.3) is 22.8 Å². The second-order valence-corrected chi connectivity index (χ2v) is 5.18. The van der Waals surface area contributed by atoms with Gasteiger partial charge in [-0.15, -0.1) is 0 Å². The van der Waals surface area contributed by atoms with E-state index in [2.05, 4.69) is 4.98 Å². The van der Waals surface area contributed by atoms with Crippen molar-refractivity contribution in [3.63, 3.8) is 0 Å². The number of nitrogens with zero attached hydrogens (tertiary/aromatic N) is 1. The molecule has 3 aromatic rings. The van der Waals surface area contributed by atoms with Gasteiger partial charge in [0.05, 0.1) is 17.3 Å². The van der Waals surface area contributed by atoms with Gasteiger partial charge in [-0.3, -0.25) is 0 Å². The molecule has 0 aliphatic rings. The van der Waals surface area contributed by atoms with Gasteiger partial charge < -0.3 is 4.42 Å². The summed E-state index contributed by atoms with van der Waals surface area (Å²) in [6.07, 6.45) is -7.58. The molecule has 130 valence electrons. The van der Waals surface area contributed by atoms with Crippen LogP contribution in [0.1, 0.15) is 11.1 Å². The largest absolute Gasteiger partial charge is 0.436 e. The molecule has 0 atom stereocenters. The van der Waals surface area contributed by atoms with Crippen LogP contribution in [0, 0.1) is 0 Å². The van der Waals surface area contributed by atoms with Crippen molar-refractivity contribution in [2.24, 2.45) is 0 Å². The van der Waals surface area contributed by atoms with E-state index in [9.17, 15) is 26.3 Å². The first-order chi connectivity index (χ1) is 11.6. The zero-order valence-electron chi connectivity index (χ0n) is 12.3. The lowest BCUT2D eigenvalue weighted by molar-refractivity contribution is -0.138. The maximum absolute atomic E-state index is 12.5. The number of hydrogen-bond donors (Lipinski definition) is 0. The first-order valence-corrected chi connectivity index (χ1v) is 6.96. The first kappa shape index (κ1) is 17.1. The third-order valence-electron chi connectivity index (χ3n) is 3.46. The lowest BCUT2D eigenvalue weighted by Gasteiger charge is -2.06. The third-order valence-corrected chi connectivity index (χ3v) is 3.46. The predicted octanol–water partition coefficient (Wildman–Crippen LogP) is 6.05. The average molecular weight is 357 g/mol. The quantitative estimate of drug-likeness (QED) is 0.522. The van der Waals surface area contributed by atoms with E-state index in [4.69, 9.17) is 4.42 Å². The minimum absolute atomic E-state index is 0.0728. The van der Waals surface area contributed by atoms with Gasteiger partial charge in [-0.1, -0.05) is 12.1 Å². The number of rotatable bonds is 2. The van der Waals surface area contributed by atoms with Crippen molar-refractivity contribution in [2.75, 3.05) is 0 Å². The summed E-state index contributed by atoms with van der Waals surface area (Å²) in [7, 11) is 0. The predicted molar refractivity (Wildman–Crippen MR) is 77.4 cm³/mol. The molecule has 1 aromatic heterocycles. The molecule has 0 radical (unpaired) electrons. The van der Waals surface area contributed by atoms with Crippen LogP contribution in [0.2, 0.25) is 0 Å². The van der Waals surface area contributed by atoms with E-state index in [1.807, 2.05) is 0 Å². The van der Waals surface area contributed by atoms with Gasteiger partial charge in [-0.05, 0) is 36.4 Å². The molecule has 3 rings (SSSR count). The van der Waals surface area contributed by atoms with Crippen molar-refractivity contribution in [3.05, 3.63) is 65.9 Å². The molecule has 2 nitrogen and oxygen atoms in total. The van der Waals surface area contributed by atoms with Gasteiger partial charge in [0, 0.05) is 11.1 Å². The Morgan fingerprint density at radius 2 is 1.08 bits per heavy atom. The zero-order valence-corrected chi connectivity index (χ0v) is 12.3. The minimum Gasteiger partial charge on any atom is -0.436 e. The molecular weight excluding hydrogens is 348 g/mol. The van der Waals surface area contributed by atoms with Gasteiger partial charge in [0.1, 0.15) is 0 Å². The molecule has 0 unspecified atom stereocenters. The van der Waals surface area contributed by atoms with Crippen LogP contribution in [0.4, 0.5) is 26.3 Å². The van der Waals surface area contributed by atoms with Crippen LogP contribution in [-0.4, -0.2) is 4.98 Å². The van der Waals surface area contributed by atoms with E-state index in [1.54, 1.807) is 0 Å². The molecule has 8 heteroatoms. The standard InChI is InChI=1S/C17H9F6NO/c18-16(19,20)12-5-1-10(2-6-12)14-9-24-15(25-14)11-3-7-13(8-4-11)17(21,22)23/h1-9H. The highest BCUT2D eigenvalue weighted by molar-refractivity contribution is 5.61. The van der Waals surface area contributed by atoms with E-state index in [1.165, 1.54) is 30.5 Å². The zero-order chi connectivity index (χ0) is 18.2. The SMILES string of the molecule is FC(F)(F)c1ccc(-c2cnc(-c3ccc(C(F)(F)F)cc3)o2)cc1. The Bertz CT molecular complexity index is 788. The van der Waals surface area contributed by atoms with Crippen molar-refractivity contribution >= 4 is 0 Å². The lowest BCUT2D eigenvalue weighted by atomic mass is 10.1. The Labute approximate surface area is 137 Å². The van der Waals surface area contributed by atoms with Crippen molar-refractivity contribution < 1.29 is 30.8 Å². The molecule has 0 spiro atoms. The maximum atomic E-state index is 12.5. The minimum atomic E-state index is -4.44. The van der Waals surface area contributed by atoms with Crippen LogP contribution in [-0.2, 0) is 12.4 Å². The lowest BCUT2D eigenvalue weighted by Crippen LogP contribution is -2.04. The number of oxazole rings is 1. The van der Waals surface area contributed by atoms with Crippen LogP contribution in [0.5, 0.6) is 0 Å².